The van der Waals surface area contributed by atoms with Crippen LogP contribution in [-0.4, -0.2) is 64.1 Å². The molecular weight excluding hydrogens is 362 g/mol. The maximum atomic E-state index is 13.2. The molecule has 1 atom stereocenters. The zero-order valence-corrected chi connectivity index (χ0v) is 15.9. The van der Waals surface area contributed by atoms with Gasteiger partial charge in [-0.15, -0.1) is 0 Å². The van der Waals surface area contributed by atoms with E-state index >= 15 is 0 Å². The summed E-state index contributed by atoms with van der Waals surface area (Å²) in [5.74, 6) is -0.927. The van der Waals surface area contributed by atoms with Crippen molar-refractivity contribution < 1.29 is 24.2 Å². The van der Waals surface area contributed by atoms with E-state index in [1.165, 1.54) is 4.90 Å². The van der Waals surface area contributed by atoms with Crippen molar-refractivity contribution in [2.24, 2.45) is 0 Å². The smallest absolute Gasteiger partial charge is 0.305 e. The van der Waals surface area contributed by atoms with Gasteiger partial charge in [0.15, 0.2) is 11.4 Å². The van der Waals surface area contributed by atoms with Crippen molar-refractivity contribution in [2.75, 3.05) is 26.3 Å². The lowest BCUT2D eigenvalue weighted by atomic mass is 10.2. The number of nitrogens with zero attached hydrogens (tertiary/aromatic N) is 3. The van der Waals surface area contributed by atoms with Crippen molar-refractivity contribution in [2.45, 2.75) is 32.3 Å². The molecule has 0 radical (unpaired) electrons. The van der Waals surface area contributed by atoms with Crippen molar-refractivity contribution in [1.82, 2.24) is 14.7 Å². The van der Waals surface area contributed by atoms with Gasteiger partial charge in [0.05, 0.1) is 31.0 Å². The average molecular weight is 387 g/mol. The van der Waals surface area contributed by atoms with Gasteiger partial charge in [-0.3, -0.25) is 9.59 Å². The largest absolute Gasteiger partial charge is 0.490 e. The quantitative estimate of drug-likeness (QED) is 0.710. The first kappa shape index (κ1) is 19.9. The van der Waals surface area contributed by atoms with Crippen LogP contribution < -0.4 is 4.74 Å². The van der Waals surface area contributed by atoms with Gasteiger partial charge in [-0.25, -0.2) is 4.68 Å². The van der Waals surface area contributed by atoms with Gasteiger partial charge < -0.3 is 19.5 Å². The monoisotopic (exact) mass is 387 g/mol. The zero-order valence-electron chi connectivity index (χ0n) is 15.9. The number of rotatable bonds is 9. The number of aromatic nitrogens is 2. The molecule has 150 valence electrons. The van der Waals surface area contributed by atoms with Crippen LogP contribution in [0, 0.1) is 0 Å². The van der Waals surface area contributed by atoms with Crippen LogP contribution in [0.15, 0.2) is 36.5 Å². The van der Waals surface area contributed by atoms with E-state index in [1.54, 1.807) is 10.9 Å². The molecule has 1 aliphatic heterocycles. The minimum Gasteiger partial charge on any atom is -0.490 e. The average Bonchev–Trinajstić information content (AvgIpc) is 3.35. The van der Waals surface area contributed by atoms with Crippen LogP contribution in [0.5, 0.6) is 5.75 Å². The summed E-state index contributed by atoms with van der Waals surface area (Å²) in [4.78, 5) is 25.8. The first-order valence-corrected chi connectivity index (χ1v) is 9.49. The van der Waals surface area contributed by atoms with Gasteiger partial charge in [0.1, 0.15) is 0 Å². The molecule has 0 unspecified atom stereocenters. The number of hydrogen-bond donors (Lipinski definition) is 1. The summed E-state index contributed by atoms with van der Waals surface area (Å²) in [7, 11) is 0. The van der Waals surface area contributed by atoms with Gasteiger partial charge in [-0.05, 0) is 31.9 Å². The SMILES string of the molecule is CCOc1cn(-c2ccccc2)nc1C(=O)N(CCC(=O)O)C[C@H]1CCCO1. The predicted octanol–water partition coefficient (Wildman–Crippen LogP) is 2.37. The predicted molar refractivity (Wildman–Crippen MR) is 102 cm³/mol. The van der Waals surface area contributed by atoms with E-state index in [1.807, 2.05) is 37.3 Å². The highest BCUT2D eigenvalue weighted by Crippen LogP contribution is 2.23. The lowest BCUT2D eigenvalue weighted by Gasteiger charge is -2.24. The maximum Gasteiger partial charge on any atom is 0.305 e. The van der Waals surface area contributed by atoms with Gasteiger partial charge in [-0.1, -0.05) is 18.2 Å². The van der Waals surface area contributed by atoms with Crippen LogP contribution in [0.1, 0.15) is 36.7 Å². The van der Waals surface area contributed by atoms with Crippen LogP contribution in [0.3, 0.4) is 0 Å². The lowest BCUT2D eigenvalue weighted by molar-refractivity contribution is -0.137. The molecule has 3 rings (SSSR count). The van der Waals surface area contributed by atoms with E-state index in [9.17, 15) is 9.59 Å². The Morgan fingerprint density at radius 1 is 1.36 bits per heavy atom. The Bertz CT molecular complexity index is 799. The minimum atomic E-state index is -0.954. The molecular formula is C20H25N3O5. The molecule has 0 bridgehead atoms. The molecule has 0 aliphatic carbocycles. The second-order valence-corrected chi connectivity index (χ2v) is 6.59. The summed E-state index contributed by atoms with van der Waals surface area (Å²) in [6.45, 7) is 3.33. The number of para-hydroxylation sites is 1. The topological polar surface area (TPSA) is 93.9 Å². The van der Waals surface area contributed by atoms with Gasteiger partial charge in [0, 0.05) is 19.7 Å². The third-order valence-corrected chi connectivity index (χ3v) is 4.53. The lowest BCUT2D eigenvalue weighted by Crippen LogP contribution is -2.39. The van der Waals surface area contributed by atoms with Crippen LogP contribution in [0.2, 0.25) is 0 Å². The van der Waals surface area contributed by atoms with E-state index in [-0.39, 0.29) is 30.7 Å². The van der Waals surface area contributed by atoms with Crippen molar-refractivity contribution in [3.63, 3.8) is 0 Å². The van der Waals surface area contributed by atoms with E-state index < -0.39 is 5.97 Å². The fourth-order valence-corrected chi connectivity index (χ4v) is 3.17. The number of amides is 1. The highest BCUT2D eigenvalue weighted by molar-refractivity contribution is 5.95. The fourth-order valence-electron chi connectivity index (χ4n) is 3.17. The Hall–Kier alpha value is -2.87. The molecule has 2 aromatic rings. The van der Waals surface area contributed by atoms with Crippen molar-refractivity contribution in [3.05, 3.63) is 42.2 Å². The third-order valence-electron chi connectivity index (χ3n) is 4.53. The Morgan fingerprint density at radius 3 is 2.79 bits per heavy atom. The number of aliphatic carboxylic acids is 1. The van der Waals surface area contributed by atoms with Crippen LogP contribution in [-0.2, 0) is 9.53 Å². The van der Waals surface area contributed by atoms with Crippen molar-refractivity contribution >= 4 is 11.9 Å². The van der Waals surface area contributed by atoms with Crippen molar-refractivity contribution in [3.8, 4) is 11.4 Å². The number of carboxylic acid groups (broad SMARTS) is 1. The summed E-state index contributed by atoms with van der Waals surface area (Å²) in [5.41, 5.74) is 0.979. The standard InChI is InChI=1S/C20H25N3O5/c1-2-27-17-14-23(15-7-4-3-5-8-15)21-19(17)20(26)22(11-10-18(24)25)13-16-9-6-12-28-16/h3-5,7-8,14,16H,2,6,9-13H2,1H3,(H,24,25)/t16-/m1/s1. The molecule has 0 saturated carbocycles. The number of ether oxygens (including phenoxy) is 2. The van der Waals surface area contributed by atoms with E-state index in [0.717, 1.165) is 18.5 Å². The minimum absolute atomic E-state index is 0.0792. The van der Waals surface area contributed by atoms with Gasteiger partial charge >= 0.3 is 5.97 Å². The first-order valence-electron chi connectivity index (χ1n) is 9.49. The summed E-state index contributed by atoms with van der Waals surface area (Å²) in [5, 5.41) is 13.5. The molecule has 2 heterocycles. The summed E-state index contributed by atoms with van der Waals surface area (Å²) >= 11 is 0. The number of carbonyl (C=O) groups is 2. The van der Waals surface area contributed by atoms with E-state index in [0.29, 0.717) is 25.5 Å². The molecule has 1 fully saturated rings. The van der Waals surface area contributed by atoms with Gasteiger partial charge in [-0.2, -0.15) is 5.10 Å². The van der Waals surface area contributed by atoms with Crippen LogP contribution in [0.25, 0.3) is 5.69 Å². The van der Waals surface area contributed by atoms with Crippen LogP contribution >= 0.6 is 0 Å². The van der Waals surface area contributed by atoms with E-state index in [2.05, 4.69) is 5.10 Å². The fraction of sp³-hybridized carbons (Fsp3) is 0.450. The number of carboxylic acids is 1. The molecule has 28 heavy (non-hydrogen) atoms. The second-order valence-electron chi connectivity index (χ2n) is 6.59. The molecule has 1 aromatic heterocycles. The highest BCUT2D eigenvalue weighted by atomic mass is 16.5. The Morgan fingerprint density at radius 2 is 2.14 bits per heavy atom. The second kappa shape index (κ2) is 9.36. The molecule has 1 N–H and O–H groups in total. The Balaban J connectivity index is 1.87. The van der Waals surface area contributed by atoms with Crippen LogP contribution in [0.4, 0.5) is 0 Å². The molecule has 1 amide bonds. The highest BCUT2D eigenvalue weighted by Gasteiger charge is 2.28. The molecule has 0 spiro atoms. The molecule has 8 heteroatoms. The summed E-state index contributed by atoms with van der Waals surface area (Å²) in [6, 6.07) is 9.43. The number of benzene rings is 1. The maximum absolute atomic E-state index is 13.2. The van der Waals surface area contributed by atoms with Gasteiger partial charge in [0.2, 0.25) is 0 Å². The molecule has 1 saturated heterocycles. The third kappa shape index (κ3) is 4.89. The molecule has 1 aromatic carbocycles. The first-order chi connectivity index (χ1) is 13.6. The zero-order chi connectivity index (χ0) is 19.9. The molecule has 1 aliphatic rings. The van der Waals surface area contributed by atoms with E-state index in [4.69, 9.17) is 14.6 Å². The number of hydrogen-bond acceptors (Lipinski definition) is 5. The summed E-state index contributed by atoms with van der Waals surface area (Å²) < 4.78 is 12.9. The number of carbonyl (C=O) groups excluding carboxylic acids is 1. The Labute approximate surface area is 163 Å². The molecule has 8 nitrogen and oxygen atoms in total. The van der Waals surface area contributed by atoms with Crippen molar-refractivity contribution in [1.29, 1.82) is 0 Å². The Kier molecular flexibility index (Phi) is 6.65. The van der Waals surface area contributed by atoms with Gasteiger partial charge in [0.25, 0.3) is 5.91 Å². The summed E-state index contributed by atoms with van der Waals surface area (Å²) in [6.07, 6.45) is 3.26. The normalized spacial score (nSPS) is 16.1.